The fraction of sp³-hybridized carbons (Fsp3) is 0.250. The first-order chi connectivity index (χ1) is 12.6. The van der Waals surface area contributed by atoms with E-state index in [-0.39, 0.29) is 11.8 Å². The zero-order valence-electron chi connectivity index (χ0n) is 14.6. The molecule has 1 aliphatic heterocycles. The first-order valence-corrected chi connectivity index (χ1v) is 8.46. The van der Waals surface area contributed by atoms with E-state index in [1.54, 1.807) is 48.5 Å². The summed E-state index contributed by atoms with van der Waals surface area (Å²) in [5.74, 6) is -0.368. The van der Waals surface area contributed by atoms with E-state index in [1.807, 2.05) is 18.0 Å². The lowest BCUT2D eigenvalue weighted by Gasteiger charge is -2.32. The number of nitriles is 1. The summed E-state index contributed by atoms with van der Waals surface area (Å²) in [6.45, 7) is 3.07. The molecule has 0 atom stereocenters. The van der Waals surface area contributed by atoms with Crippen molar-refractivity contribution in [1.82, 2.24) is 9.80 Å². The average Bonchev–Trinajstić information content (AvgIpc) is 2.68. The predicted molar refractivity (Wildman–Crippen MR) is 99.0 cm³/mol. The van der Waals surface area contributed by atoms with Gasteiger partial charge in [-0.25, -0.2) is 0 Å². The zero-order valence-corrected chi connectivity index (χ0v) is 14.6. The third kappa shape index (κ3) is 4.08. The Morgan fingerprint density at radius 2 is 1.69 bits per heavy atom. The van der Waals surface area contributed by atoms with Crippen molar-refractivity contribution in [2.45, 2.75) is 0 Å². The Labute approximate surface area is 152 Å². The fourth-order valence-electron chi connectivity index (χ4n) is 2.86. The van der Waals surface area contributed by atoms with Gasteiger partial charge < -0.3 is 15.1 Å². The molecule has 0 bridgehead atoms. The average molecular weight is 348 g/mol. The van der Waals surface area contributed by atoms with Crippen LogP contribution in [0, 0.1) is 11.3 Å². The van der Waals surface area contributed by atoms with Gasteiger partial charge in [0.25, 0.3) is 11.8 Å². The standard InChI is InChI=1S/C20H20N4O2/c1-23-8-10-24(11-9-23)20(26)17-6-3-5-16(13-17)19(25)22-18-7-2-4-15(12-18)14-21/h2-7,12-13H,8-11H2,1H3,(H,22,25). The molecule has 1 N–H and O–H groups in total. The fourth-order valence-corrected chi connectivity index (χ4v) is 2.86. The molecular formula is C20H20N4O2. The van der Waals surface area contributed by atoms with Crippen LogP contribution in [0.4, 0.5) is 5.69 Å². The molecule has 0 saturated carbocycles. The minimum atomic E-state index is -0.312. The Kier molecular flexibility index (Phi) is 5.30. The normalized spacial score (nSPS) is 14.5. The van der Waals surface area contributed by atoms with Crippen molar-refractivity contribution in [3.05, 3.63) is 65.2 Å². The maximum absolute atomic E-state index is 12.7. The number of hydrogen-bond donors (Lipinski definition) is 1. The lowest BCUT2D eigenvalue weighted by atomic mass is 10.1. The molecule has 6 heteroatoms. The number of carbonyl (C=O) groups is 2. The second kappa shape index (κ2) is 7.81. The topological polar surface area (TPSA) is 76.4 Å². The molecule has 1 aliphatic rings. The van der Waals surface area contributed by atoms with Crippen molar-refractivity contribution in [1.29, 1.82) is 5.26 Å². The maximum Gasteiger partial charge on any atom is 0.255 e. The number of nitrogens with zero attached hydrogens (tertiary/aromatic N) is 3. The molecule has 1 heterocycles. The van der Waals surface area contributed by atoms with Crippen LogP contribution in [-0.2, 0) is 0 Å². The summed E-state index contributed by atoms with van der Waals surface area (Å²) in [6, 6.07) is 15.5. The van der Waals surface area contributed by atoms with Crippen LogP contribution in [0.5, 0.6) is 0 Å². The highest BCUT2D eigenvalue weighted by Gasteiger charge is 2.21. The molecule has 0 spiro atoms. The van der Waals surface area contributed by atoms with Gasteiger partial charge in [-0.15, -0.1) is 0 Å². The van der Waals surface area contributed by atoms with Gasteiger partial charge in [-0.05, 0) is 43.4 Å². The highest BCUT2D eigenvalue weighted by Crippen LogP contribution is 2.14. The van der Waals surface area contributed by atoms with Gasteiger partial charge in [0.1, 0.15) is 0 Å². The SMILES string of the molecule is CN1CCN(C(=O)c2cccc(C(=O)Nc3cccc(C#N)c3)c2)CC1. The number of likely N-dealkylation sites (N-methyl/N-ethyl adjacent to an activating group) is 1. The van der Waals surface area contributed by atoms with E-state index < -0.39 is 0 Å². The first-order valence-electron chi connectivity index (χ1n) is 8.46. The highest BCUT2D eigenvalue weighted by atomic mass is 16.2. The van der Waals surface area contributed by atoms with Gasteiger partial charge in [0.2, 0.25) is 0 Å². The van der Waals surface area contributed by atoms with E-state index in [0.29, 0.717) is 35.5 Å². The molecule has 1 fully saturated rings. The summed E-state index contributed by atoms with van der Waals surface area (Å²) < 4.78 is 0. The van der Waals surface area contributed by atoms with Gasteiger partial charge in [0.05, 0.1) is 11.6 Å². The van der Waals surface area contributed by atoms with Gasteiger partial charge in [0, 0.05) is 43.0 Å². The van der Waals surface area contributed by atoms with Crippen molar-refractivity contribution < 1.29 is 9.59 Å². The number of hydrogen-bond acceptors (Lipinski definition) is 4. The van der Waals surface area contributed by atoms with Crippen LogP contribution in [0.15, 0.2) is 48.5 Å². The Bertz CT molecular complexity index is 864. The number of piperazine rings is 1. The number of benzene rings is 2. The van der Waals surface area contributed by atoms with Crippen molar-refractivity contribution in [3.63, 3.8) is 0 Å². The quantitative estimate of drug-likeness (QED) is 0.922. The summed E-state index contributed by atoms with van der Waals surface area (Å²) in [4.78, 5) is 29.1. The Hall–Kier alpha value is -3.17. The zero-order chi connectivity index (χ0) is 18.5. The number of amides is 2. The minimum Gasteiger partial charge on any atom is -0.336 e. The van der Waals surface area contributed by atoms with Crippen LogP contribution in [0.1, 0.15) is 26.3 Å². The van der Waals surface area contributed by atoms with Gasteiger partial charge in [0.15, 0.2) is 0 Å². The van der Waals surface area contributed by atoms with Crippen LogP contribution in [0.2, 0.25) is 0 Å². The minimum absolute atomic E-state index is 0.0563. The summed E-state index contributed by atoms with van der Waals surface area (Å²) in [5.41, 5.74) is 1.94. The monoisotopic (exact) mass is 348 g/mol. The van der Waals surface area contributed by atoms with Gasteiger partial charge in [-0.1, -0.05) is 12.1 Å². The lowest BCUT2D eigenvalue weighted by molar-refractivity contribution is 0.0664. The molecule has 0 unspecified atom stereocenters. The van der Waals surface area contributed by atoms with Crippen molar-refractivity contribution in [2.24, 2.45) is 0 Å². The summed E-state index contributed by atoms with van der Waals surface area (Å²) in [5, 5.41) is 11.7. The number of nitrogens with one attached hydrogen (secondary N) is 1. The van der Waals surface area contributed by atoms with Crippen LogP contribution in [-0.4, -0.2) is 54.8 Å². The van der Waals surface area contributed by atoms with E-state index in [1.165, 1.54) is 0 Å². The van der Waals surface area contributed by atoms with Crippen LogP contribution >= 0.6 is 0 Å². The number of rotatable bonds is 3. The van der Waals surface area contributed by atoms with E-state index in [9.17, 15) is 9.59 Å². The lowest BCUT2D eigenvalue weighted by Crippen LogP contribution is -2.47. The molecule has 26 heavy (non-hydrogen) atoms. The molecule has 2 aromatic rings. The second-order valence-corrected chi connectivity index (χ2v) is 6.32. The molecule has 0 aliphatic carbocycles. The predicted octanol–water partition coefficient (Wildman–Crippen LogP) is 2.20. The molecule has 6 nitrogen and oxygen atoms in total. The summed E-state index contributed by atoms with van der Waals surface area (Å²) in [6.07, 6.45) is 0. The van der Waals surface area contributed by atoms with Gasteiger partial charge in [-0.3, -0.25) is 9.59 Å². The van der Waals surface area contributed by atoms with Gasteiger partial charge in [-0.2, -0.15) is 5.26 Å². The number of anilines is 1. The first kappa shape index (κ1) is 17.6. The third-order valence-corrected chi connectivity index (χ3v) is 4.41. The van der Waals surface area contributed by atoms with E-state index in [0.717, 1.165) is 13.1 Å². The molecular weight excluding hydrogens is 328 g/mol. The summed E-state index contributed by atoms with van der Waals surface area (Å²) in [7, 11) is 2.04. The van der Waals surface area contributed by atoms with Crippen molar-refractivity contribution in [2.75, 3.05) is 38.5 Å². The van der Waals surface area contributed by atoms with Crippen LogP contribution < -0.4 is 5.32 Å². The Morgan fingerprint density at radius 1 is 1.00 bits per heavy atom. The molecule has 0 radical (unpaired) electrons. The highest BCUT2D eigenvalue weighted by molar-refractivity contribution is 6.06. The van der Waals surface area contributed by atoms with Crippen LogP contribution in [0.3, 0.4) is 0 Å². The van der Waals surface area contributed by atoms with Gasteiger partial charge >= 0.3 is 0 Å². The van der Waals surface area contributed by atoms with Crippen LogP contribution in [0.25, 0.3) is 0 Å². The van der Waals surface area contributed by atoms with E-state index >= 15 is 0 Å². The molecule has 1 saturated heterocycles. The molecule has 0 aromatic heterocycles. The number of carbonyl (C=O) groups excluding carboxylic acids is 2. The third-order valence-electron chi connectivity index (χ3n) is 4.41. The van der Waals surface area contributed by atoms with Crippen molar-refractivity contribution in [3.8, 4) is 6.07 Å². The molecule has 3 rings (SSSR count). The maximum atomic E-state index is 12.7. The van der Waals surface area contributed by atoms with Crippen molar-refractivity contribution >= 4 is 17.5 Å². The Morgan fingerprint density at radius 3 is 2.42 bits per heavy atom. The van der Waals surface area contributed by atoms with E-state index in [2.05, 4.69) is 10.2 Å². The largest absolute Gasteiger partial charge is 0.336 e. The molecule has 132 valence electrons. The van der Waals surface area contributed by atoms with E-state index in [4.69, 9.17) is 5.26 Å². The molecule has 2 aromatic carbocycles. The Balaban J connectivity index is 1.73. The second-order valence-electron chi connectivity index (χ2n) is 6.32. The molecule has 2 amide bonds. The smallest absolute Gasteiger partial charge is 0.255 e. The summed E-state index contributed by atoms with van der Waals surface area (Å²) >= 11 is 0.